The van der Waals surface area contributed by atoms with Gasteiger partial charge in [0, 0.05) is 13.1 Å². The molecule has 2 aromatic carbocycles. The van der Waals surface area contributed by atoms with Crippen molar-refractivity contribution < 1.29 is 9.53 Å². The average molecular weight is 492 g/mol. The van der Waals surface area contributed by atoms with E-state index in [-0.39, 0.29) is 11.7 Å². The molecule has 0 spiro atoms. The number of benzene rings is 2. The Morgan fingerprint density at radius 3 is 2.50 bits per heavy atom. The molecule has 1 N–H and O–H groups in total. The molecule has 0 saturated carbocycles. The summed E-state index contributed by atoms with van der Waals surface area (Å²) in [7, 11) is 1.64. The Labute approximate surface area is 201 Å². The Morgan fingerprint density at radius 2 is 1.78 bits per heavy atom. The minimum atomic E-state index is -0.237. The van der Waals surface area contributed by atoms with Crippen LogP contribution in [0.3, 0.4) is 0 Å². The molecule has 7 nitrogen and oxygen atoms in total. The lowest BCUT2D eigenvalue weighted by molar-refractivity contribution is -0.113. The van der Waals surface area contributed by atoms with Gasteiger partial charge < -0.3 is 15.0 Å². The van der Waals surface area contributed by atoms with Crippen LogP contribution >= 0.6 is 35.0 Å². The van der Waals surface area contributed by atoms with Gasteiger partial charge in [-0.15, -0.1) is 10.2 Å². The molecule has 32 heavy (non-hydrogen) atoms. The fourth-order valence-electron chi connectivity index (χ4n) is 3.60. The van der Waals surface area contributed by atoms with Crippen molar-refractivity contribution in [1.29, 1.82) is 0 Å². The molecule has 3 aromatic rings. The fraction of sp³-hybridized carbons (Fsp3) is 0.318. The number of aromatic nitrogens is 3. The lowest BCUT2D eigenvalue weighted by Crippen LogP contribution is -2.31. The van der Waals surface area contributed by atoms with Crippen molar-refractivity contribution in [2.24, 2.45) is 0 Å². The Hall–Kier alpha value is -2.42. The molecule has 1 aliphatic rings. The molecule has 0 atom stereocenters. The quantitative estimate of drug-likeness (QED) is 0.451. The van der Waals surface area contributed by atoms with Crippen LogP contribution in [0.4, 0.5) is 11.6 Å². The molecule has 1 saturated heterocycles. The third-order valence-electron chi connectivity index (χ3n) is 5.14. The minimum absolute atomic E-state index is 0.120. The first-order valence-electron chi connectivity index (χ1n) is 10.3. The lowest BCUT2D eigenvalue weighted by Gasteiger charge is -2.28. The predicted octanol–water partition coefficient (Wildman–Crippen LogP) is 5.30. The van der Waals surface area contributed by atoms with Gasteiger partial charge in [-0.05, 0) is 43.5 Å². The van der Waals surface area contributed by atoms with Gasteiger partial charge in [0.15, 0.2) is 5.16 Å². The fourth-order valence-corrected chi connectivity index (χ4v) is 4.83. The minimum Gasteiger partial charge on any atom is -0.495 e. The number of ether oxygens (including phenoxy) is 1. The summed E-state index contributed by atoms with van der Waals surface area (Å²) in [5, 5.41) is 13.0. The SMILES string of the molecule is COc1ccccc1-n1c(SCC(=O)Nc2c(Cl)cccc2Cl)nnc1N1CCCCC1. The molecule has 1 fully saturated rings. The number of piperidine rings is 1. The zero-order chi connectivity index (χ0) is 22.5. The maximum absolute atomic E-state index is 12.6. The summed E-state index contributed by atoms with van der Waals surface area (Å²) < 4.78 is 7.55. The molecule has 1 aromatic heterocycles. The second-order valence-electron chi connectivity index (χ2n) is 7.27. The van der Waals surface area contributed by atoms with E-state index in [1.54, 1.807) is 25.3 Å². The van der Waals surface area contributed by atoms with Gasteiger partial charge in [-0.3, -0.25) is 9.36 Å². The average Bonchev–Trinajstić information content (AvgIpc) is 3.24. The van der Waals surface area contributed by atoms with Crippen LogP contribution in [0.2, 0.25) is 10.0 Å². The number of thioether (sulfide) groups is 1. The van der Waals surface area contributed by atoms with E-state index in [4.69, 9.17) is 27.9 Å². The highest BCUT2D eigenvalue weighted by Gasteiger charge is 2.24. The van der Waals surface area contributed by atoms with Crippen molar-refractivity contribution >= 4 is 52.5 Å². The number of methoxy groups -OCH3 is 1. The Kier molecular flexibility index (Phi) is 7.44. The van der Waals surface area contributed by atoms with E-state index in [1.807, 2.05) is 28.8 Å². The van der Waals surface area contributed by atoms with Crippen LogP contribution in [-0.4, -0.2) is 46.6 Å². The van der Waals surface area contributed by atoms with Crippen LogP contribution in [-0.2, 0) is 4.79 Å². The van der Waals surface area contributed by atoms with Crippen molar-refractivity contribution in [1.82, 2.24) is 14.8 Å². The first-order chi connectivity index (χ1) is 15.6. The number of nitrogens with zero attached hydrogens (tertiary/aromatic N) is 4. The molecule has 0 bridgehead atoms. The highest BCUT2D eigenvalue weighted by molar-refractivity contribution is 7.99. The number of carbonyl (C=O) groups excluding carboxylic acids is 1. The second-order valence-corrected chi connectivity index (χ2v) is 9.03. The van der Waals surface area contributed by atoms with Crippen molar-refractivity contribution in [2.45, 2.75) is 24.4 Å². The summed E-state index contributed by atoms with van der Waals surface area (Å²) in [6.45, 7) is 1.84. The topological polar surface area (TPSA) is 72.3 Å². The van der Waals surface area contributed by atoms with E-state index in [2.05, 4.69) is 20.4 Å². The summed E-state index contributed by atoms with van der Waals surface area (Å²) in [5.74, 6) is 1.35. The maximum atomic E-state index is 12.6. The summed E-state index contributed by atoms with van der Waals surface area (Å²) in [4.78, 5) is 14.9. The monoisotopic (exact) mass is 491 g/mol. The normalized spacial score (nSPS) is 13.8. The molecular weight excluding hydrogens is 469 g/mol. The number of hydrogen-bond donors (Lipinski definition) is 1. The van der Waals surface area contributed by atoms with E-state index in [0.717, 1.165) is 37.6 Å². The summed E-state index contributed by atoms with van der Waals surface area (Å²) in [5.41, 5.74) is 1.24. The van der Waals surface area contributed by atoms with Crippen molar-refractivity contribution in [3.05, 3.63) is 52.5 Å². The summed E-state index contributed by atoms with van der Waals surface area (Å²) in [6, 6.07) is 12.8. The Bertz CT molecular complexity index is 1080. The number of rotatable bonds is 7. The summed E-state index contributed by atoms with van der Waals surface area (Å²) >= 11 is 13.6. The molecular formula is C22H23Cl2N5O2S. The van der Waals surface area contributed by atoms with Crippen LogP contribution in [0.1, 0.15) is 19.3 Å². The van der Waals surface area contributed by atoms with E-state index in [0.29, 0.717) is 26.6 Å². The lowest BCUT2D eigenvalue weighted by atomic mass is 10.1. The van der Waals surface area contributed by atoms with Gasteiger partial charge in [0.1, 0.15) is 5.75 Å². The number of para-hydroxylation sites is 3. The maximum Gasteiger partial charge on any atom is 0.234 e. The molecule has 4 rings (SSSR count). The smallest absolute Gasteiger partial charge is 0.234 e. The number of anilines is 2. The van der Waals surface area contributed by atoms with Crippen molar-refractivity contribution in [2.75, 3.05) is 36.2 Å². The predicted molar refractivity (Wildman–Crippen MR) is 130 cm³/mol. The van der Waals surface area contributed by atoms with Crippen LogP contribution in [0.15, 0.2) is 47.6 Å². The zero-order valence-corrected chi connectivity index (χ0v) is 19.9. The van der Waals surface area contributed by atoms with Gasteiger partial charge >= 0.3 is 0 Å². The Morgan fingerprint density at radius 1 is 1.06 bits per heavy atom. The molecule has 1 aliphatic heterocycles. The number of halogens is 2. The highest BCUT2D eigenvalue weighted by Crippen LogP contribution is 2.33. The zero-order valence-electron chi connectivity index (χ0n) is 17.6. The van der Waals surface area contributed by atoms with E-state index >= 15 is 0 Å². The van der Waals surface area contributed by atoms with Crippen LogP contribution in [0.25, 0.3) is 5.69 Å². The van der Waals surface area contributed by atoms with E-state index in [1.165, 1.54) is 18.2 Å². The number of hydrogen-bond acceptors (Lipinski definition) is 6. The van der Waals surface area contributed by atoms with Gasteiger partial charge in [-0.25, -0.2) is 0 Å². The van der Waals surface area contributed by atoms with Crippen LogP contribution in [0, 0.1) is 0 Å². The second kappa shape index (κ2) is 10.5. The van der Waals surface area contributed by atoms with Gasteiger partial charge in [-0.1, -0.05) is 53.2 Å². The molecule has 168 valence electrons. The molecule has 2 heterocycles. The standard InChI is InChI=1S/C22H23Cl2N5O2S/c1-31-18-11-4-3-10-17(18)29-21(28-12-5-2-6-13-28)26-27-22(29)32-14-19(30)25-20-15(23)8-7-9-16(20)24/h3-4,7-11H,2,5-6,12-14H2,1H3,(H,25,30). The van der Waals surface area contributed by atoms with Gasteiger partial charge in [0.25, 0.3) is 0 Å². The third-order valence-corrected chi connectivity index (χ3v) is 6.70. The largest absolute Gasteiger partial charge is 0.495 e. The third kappa shape index (κ3) is 4.98. The first kappa shape index (κ1) is 22.8. The van der Waals surface area contributed by atoms with Crippen molar-refractivity contribution in [3.63, 3.8) is 0 Å². The summed E-state index contributed by atoms with van der Waals surface area (Å²) in [6.07, 6.45) is 3.44. The molecule has 0 unspecified atom stereocenters. The molecule has 0 radical (unpaired) electrons. The van der Waals surface area contributed by atoms with E-state index < -0.39 is 0 Å². The van der Waals surface area contributed by atoms with Crippen LogP contribution < -0.4 is 15.0 Å². The first-order valence-corrected chi connectivity index (χ1v) is 12.0. The highest BCUT2D eigenvalue weighted by atomic mass is 35.5. The number of nitrogens with one attached hydrogen (secondary N) is 1. The van der Waals surface area contributed by atoms with Gasteiger partial charge in [0.05, 0.1) is 34.3 Å². The van der Waals surface area contributed by atoms with Gasteiger partial charge in [-0.2, -0.15) is 0 Å². The number of carbonyl (C=O) groups is 1. The molecule has 0 aliphatic carbocycles. The number of amides is 1. The van der Waals surface area contributed by atoms with Crippen LogP contribution in [0.5, 0.6) is 5.75 Å². The molecule has 1 amide bonds. The molecule has 10 heteroatoms. The van der Waals surface area contributed by atoms with Crippen molar-refractivity contribution in [3.8, 4) is 11.4 Å². The van der Waals surface area contributed by atoms with E-state index in [9.17, 15) is 4.79 Å². The van der Waals surface area contributed by atoms with Gasteiger partial charge in [0.2, 0.25) is 11.9 Å². The Balaban J connectivity index is 1.59.